The van der Waals surface area contributed by atoms with Crippen molar-refractivity contribution in [1.29, 1.82) is 0 Å². The number of halogens is 1. The maximum atomic E-state index is 13.1. The van der Waals surface area contributed by atoms with Crippen molar-refractivity contribution in [1.82, 2.24) is 4.98 Å². The Balaban J connectivity index is 2.62. The van der Waals surface area contributed by atoms with Gasteiger partial charge in [0.15, 0.2) is 0 Å². The first-order valence-electron chi connectivity index (χ1n) is 6.98. The molecule has 1 aromatic heterocycles. The Bertz CT molecular complexity index is 796. The fraction of sp³-hybridized carbons (Fsp3) is 0.267. The minimum Gasteiger partial charge on any atom is -0.495 e. The fourth-order valence-corrected chi connectivity index (χ4v) is 4.31. The number of methoxy groups -OCH3 is 1. The van der Waals surface area contributed by atoms with Crippen LogP contribution in [-0.4, -0.2) is 27.1 Å². The average Bonchev–Trinajstić information content (AvgIpc) is 2.54. The number of hydrogen-bond acceptors (Lipinski definition) is 5. The highest BCUT2D eigenvalue weighted by Crippen LogP contribution is 2.34. The summed E-state index contributed by atoms with van der Waals surface area (Å²) in [5.74, 6) is 0.440. The van der Waals surface area contributed by atoms with Crippen molar-refractivity contribution in [2.24, 2.45) is 0 Å². The zero-order chi connectivity index (χ0) is 17.0. The Morgan fingerprint density at radius 1 is 1.35 bits per heavy atom. The molecule has 23 heavy (non-hydrogen) atoms. The zero-order valence-electron chi connectivity index (χ0n) is 12.9. The summed E-state index contributed by atoms with van der Waals surface area (Å²) in [4.78, 5) is 3.88. The van der Waals surface area contributed by atoms with E-state index >= 15 is 0 Å². The molecule has 1 aromatic carbocycles. The first kappa shape index (κ1) is 17.6. The van der Waals surface area contributed by atoms with E-state index in [-0.39, 0.29) is 10.7 Å². The smallest absolute Gasteiger partial charge is 0.268 e. The molecule has 0 unspecified atom stereocenters. The molecule has 0 bridgehead atoms. The first-order valence-corrected chi connectivity index (χ1v) is 9.22. The van der Waals surface area contributed by atoms with Crippen LogP contribution in [0.4, 0.5) is 11.5 Å². The second-order valence-corrected chi connectivity index (χ2v) is 7.53. The third-order valence-corrected chi connectivity index (χ3v) is 5.47. The topological polar surface area (TPSA) is 85.5 Å². The highest BCUT2D eigenvalue weighted by atomic mass is 79.9. The number of sulfonamides is 1. The molecule has 124 valence electrons. The van der Waals surface area contributed by atoms with Crippen molar-refractivity contribution in [3.8, 4) is 5.75 Å². The molecule has 2 rings (SSSR count). The molecule has 2 aromatic rings. The van der Waals surface area contributed by atoms with Crippen molar-refractivity contribution in [3.05, 3.63) is 41.0 Å². The van der Waals surface area contributed by atoms with Crippen LogP contribution in [0.25, 0.3) is 0 Å². The Morgan fingerprint density at radius 3 is 2.70 bits per heavy atom. The molecule has 0 amide bonds. The van der Waals surface area contributed by atoms with Gasteiger partial charge in [0.1, 0.15) is 16.5 Å². The second-order valence-electron chi connectivity index (χ2n) is 4.79. The van der Waals surface area contributed by atoms with Crippen LogP contribution in [0.2, 0.25) is 0 Å². The van der Waals surface area contributed by atoms with Gasteiger partial charge >= 0.3 is 0 Å². The molecule has 0 fully saturated rings. The molecule has 1 heterocycles. The summed E-state index contributed by atoms with van der Waals surface area (Å²) in [7, 11) is -2.36. The number of aromatic nitrogens is 1. The fourth-order valence-electron chi connectivity index (χ4n) is 2.17. The van der Waals surface area contributed by atoms with Gasteiger partial charge in [-0.25, -0.2) is 13.4 Å². The van der Waals surface area contributed by atoms with Crippen LogP contribution in [0.15, 0.2) is 45.9 Å². The van der Waals surface area contributed by atoms with Gasteiger partial charge < -0.3 is 10.5 Å². The first-order chi connectivity index (χ1) is 10.9. The summed E-state index contributed by atoms with van der Waals surface area (Å²) in [5, 5.41) is 0. The van der Waals surface area contributed by atoms with E-state index in [0.29, 0.717) is 28.9 Å². The predicted molar refractivity (Wildman–Crippen MR) is 94.2 cm³/mol. The zero-order valence-corrected chi connectivity index (χ0v) is 15.3. The molecule has 0 spiro atoms. The largest absolute Gasteiger partial charge is 0.495 e. The van der Waals surface area contributed by atoms with E-state index in [1.807, 2.05) is 6.92 Å². The lowest BCUT2D eigenvalue weighted by Crippen LogP contribution is -2.32. The summed E-state index contributed by atoms with van der Waals surface area (Å²) in [6, 6.07) is 8.42. The van der Waals surface area contributed by atoms with Gasteiger partial charge in [0, 0.05) is 17.2 Å². The van der Waals surface area contributed by atoms with Crippen LogP contribution in [0.1, 0.15) is 13.3 Å². The Kier molecular flexibility index (Phi) is 5.48. The number of anilines is 2. The number of hydrogen-bond donors (Lipinski definition) is 1. The van der Waals surface area contributed by atoms with Crippen LogP contribution >= 0.6 is 15.9 Å². The molecule has 6 nitrogen and oxygen atoms in total. The molecule has 8 heteroatoms. The van der Waals surface area contributed by atoms with Gasteiger partial charge in [-0.1, -0.05) is 19.1 Å². The van der Waals surface area contributed by atoms with Gasteiger partial charge in [-0.2, -0.15) is 0 Å². The van der Waals surface area contributed by atoms with Crippen LogP contribution in [0.5, 0.6) is 5.75 Å². The number of nitrogens with two attached hydrogens (primary N) is 1. The summed E-state index contributed by atoms with van der Waals surface area (Å²) in [6.45, 7) is 2.20. The normalized spacial score (nSPS) is 11.3. The van der Waals surface area contributed by atoms with E-state index in [4.69, 9.17) is 10.5 Å². The van der Waals surface area contributed by atoms with Gasteiger partial charge in [-0.15, -0.1) is 0 Å². The van der Waals surface area contributed by atoms with Crippen LogP contribution < -0.4 is 14.8 Å². The van der Waals surface area contributed by atoms with E-state index in [1.54, 1.807) is 24.3 Å². The van der Waals surface area contributed by atoms with Crippen molar-refractivity contribution in [3.63, 3.8) is 0 Å². The Hall–Kier alpha value is -1.80. The standard InChI is InChI=1S/C15H18BrN3O3S/c1-3-8-19(12-6-4-5-7-13(12)22-2)23(20,21)14-9-11(16)10-18-15(14)17/h4-7,9-10H,3,8H2,1-2H3,(H2,17,18). The predicted octanol–water partition coefficient (Wildman–Crippen LogP) is 3.04. The number of nitrogens with zero attached hydrogens (tertiary/aromatic N) is 2. The SMILES string of the molecule is CCCN(c1ccccc1OC)S(=O)(=O)c1cc(Br)cnc1N. The molecule has 0 saturated heterocycles. The van der Waals surface area contributed by atoms with Crippen LogP contribution in [0.3, 0.4) is 0 Å². The molecule has 0 radical (unpaired) electrons. The van der Waals surface area contributed by atoms with E-state index in [2.05, 4.69) is 20.9 Å². The quantitative estimate of drug-likeness (QED) is 0.806. The van der Waals surface area contributed by atoms with Crippen molar-refractivity contribution < 1.29 is 13.2 Å². The summed E-state index contributed by atoms with van der Waals surface area (Å²) >= 11 is 3.24. The molecule has 0 saturated carbocycles. The van der Waals surface area contributed by atoms with Crippen molar-refractivity contribution in [2.75, 3.05) is 23.7 Å². The lowest BCUT2D eigenvalue weighted by atomic mass is 10.3. The third kappa shape index (κ3) is 3.59. The van der Waals surface area contributed by atoms with Gasteiger partial charge in [0.2, 0.25) is 0 Å². The number of pyridine rings is 1. The second kappa shape index (κ2) is 7.18. The minimum absolute atomic E-state index is 0.0359. The number of para-hydroxylation sites is 2. The van der Waals surface area contributed by atoms with E-state index in [9.17, 15) is 8.42 Å². The van der Waals surface area contributed by atoms with E-state index in [1.165, 1.54) is 23.7 Å². The van der Waals surface area contributed by atoms with Crippen LogP contribution in [0, 0.1) is 0 Å². The number of ether oxygens (including phenoxy) is 1. The summed E-state index contributed by atoms with van der Waals surface area (Å²) in [5.41, 5.74) is 6.26. The molecule has 0 atom stereocenters. The van der Waals surface area contributed by atoms with E-state index in [0.717, 1.165) is 0 Å². The van der Waals surface area contributed by atoms with Gasteiger partial charge in [-0.3, -0.25) is 4.31 Å². The third-order valence-electron chi connectivity index (χ3n) is 3.20. The molecule has 0 aliphatic carbocycles. The number of rotatable bonds is 6. The maximum Gasteiger partial charge on any atom is 0.268 e. The maximum absolute atomic E-state index is 13.1. The lowest BCUT2D eigenvalue weighted by Gasteiger charge is -2.26. The number of nitrogen functional groups attached to an aromatic ring is 1. The molecule has 2 N–H and O–H groups in total. The highest BCUT2D eigenvalue weighted by Gasteiger charge is 2.29. The average molecular weight is 400 g/mol. The monoisotopic (exact) mass is 399 g/mol. The van der Waals surface area contributed by atoms with Crippen molar-refractivity contribution >= 4 is 37.5 Å². The van der Waals surface area contributed by atoms with E-state index < -0.39 is 10.0 Å². The molecule has 0 aliphatic heterocycles. The minimum atomic E-state index is -3.87. The van der Waals surface area contributed by atoms with Gasteiger partial charge in [-0.05, 0) is 40.5 Å². The summed E-state index contributed by atoms with van der Waals surface area (Å²) < 4.78 is 33.3. The van der Waals surface area contributed by atoms with Gasteiger partial charge in [0.05, 0.1) is 12.8 Å². The summed E-state index contributed by atoms with van der Waals surface area (Å²) in [6.07, 6.45) is 2.10. The van der Waals surface area contributed by atoms with Crippen LogP contribution in [-0.2, 0) is 10.0 Å². The highest BCUT2D eigenvalue weighted by molar-refractivity contribution is 9.10. The molecule has 0 aliphatic rings. The van der Waals surface area contributed by atoms with Gasteiger partial charge in [0.25, 0.3) is 10.0 Å². The van der Waals surface area contributed by atoms with Crippen molar-refractivity contribution in [2.45, 2.75) is 18.2 Å². The molecular formula is C15H18BrN3O3S. The lowest BCUT2D eigenvalue weighted by molar-refractivity contribution is 0.415. The Labute approximate surface area is 144 Å². The Morgan fingerprint density at radius 2 is 2.04 bits per heavy atom. The number of benzene rings is 1. The molecular weight excluding hydrogens is 382 g/mol.